The zero-order chi connectivity index (χ0) is 55.2. The summed E-state index contributed by atoms with van der Waals surface area (Å²) in [5.74, 6) is -0.632. The third kappa shape index (κ3) is 11.8. The molecule has 3 amide bonds. The van der Waals surface area contributed by atoms with Gasteiger partial charge in [-0.1, -0.05) is 45.0 Å². The Kier molecular flexibility index (Phi) is 15.5. The summed E-state index contributed by atoms with van der Waals surface area (Å²) in [7, 11) is 1.84. The number of aliphatic hydroxyl groups is 1. The number of amides is 3. The standard InChI is InChI=1S/C56H66F3N11O6S/c1-10-69-27-44(51(65-69)56(57,58)59)42-19-35(23-67-16-15-60-34(67)5)20-43-48(73)38(29-76-49(42)43)21-39-17-31(2)18-46(63-39)68-24-40(25-68)66(9)28-47(72)64-52(55(6,7)8)54(75)70-26-41(71)22-45(70)53(74)62-32(3)36-11-13-37(14-12-36)50-33(4)61-30-77-50/h11-20,27,30,32,38,40-41,45,52,71H,10,21-26,28-29H2,1-9H3,(H,62,74)(H,64,72)/t32-,38+,41+,45-,52+/m0/s1. The Labute approximate surface area is 449 Å². The summed E-state index contributed by atoms with van der Waals surface area (Å²) in [6.45, 7) is 16.3. The molecule has 2 fully saturated rings. The highest BCUT2D eigenvalue weighted by atomic mass is 32.1. The number of aromatic nitrogens is 6. The van der Waals surface area contributed by atoms with Crippen LogP contribution in [0, 0.1) is 32.1 Å². The lowest BCUT2D eigenvalue weighted by Gasteiger charge is -2.45. The number of ether oxygens (including phenoxy) is 1. The molecule has 21 heteroatoms. The van der Waals surface area contributed by atoms with Crippen LogP contribution in [0.25, 0.3) is 21.6 Å². The molecule has 0 spiro atoms. The van der Waals surface area contributed by atoms with Gasteiger partial charge >= 0.3 is 6.18 Å². The van der Waals surface area contributed by atoms with Crippen LogP contribution in [0.2, 0.25) is 0 Å². The number of anilines is 1. The number of alkyl halides is 3. The summed E-state index contributed by atoms with van der Waals surface area (Å²) in [5.41, 5.74) is 5.23. The van der Waals surface area contributed by atoms with Crippen LogP contribution in [-0.2, 0) is 40.1 Å². The van der Waals surface area contributed by atoms with Gasteiger partial charge < -0.3 is 34.8 Å². The van der Waals surface area contributed by atoms with E-state index in [-0.39, 0.29) is 97.7 Å². The van der Waals surface area contributed by atoms with Crippen LogP contribution in [0.4, 0.5) is 19.0 Å². The van der Waals surface area contributed by atoms with Crippen molar-refractivity contribution in [2.75, 3.05) is 44.7 Å². The molecule has 408 valence electrons. The Morgan fingerprint density at radius 3 is 2.35 bits per heavy atom. The smallest absolute Gasteiger partial charge is 0.435 e. The second-order valence-corrected chi connectivity index (χ2v) is 22.6. The van der Waals surface area contributed by atoms with E-state index in [1.807, 2.05) is 107 Å². The zero-order valence-corrected chi connectivity index (χ0v) is 45.6. The molecule has 3 aliphatic heterocycles. The molecule has 17 nitrogen and oxygen atoms in total. The maximum Gasteiger partial charge on any atom is 0.435 e. The number of carbonyl (C=O) groups is 4. The van der Waals surface area contributed by atoms with Crippen molar-refractivity contribution in [3.8, 4) is 27.3 Å². The van der Waals surface area contributed by atoms with Gasteiger partial charge in [-0.15, -0.1) is 11.3 Å². The van der Waals surface area contributed by atoms with Gasteiger partial charge in [0.1, 0.15) is 29.5 Å². The second-order valence-electron chi connectivity index (χ2n) is 21.8. The van der Waals surface area contributed by atoms with E-state index >= 15 is 0 Å². The maximum absolute atomic E-state index is 14.5. The predicted molar refractivity (Wildman–Crippen MR) is 285 cm³/mol. The first kappa shape index (κ1) is 54.8. The first-order valence-corrected chi connectivity index (χ1v) is 26.8. The van der Waals surface area contributed by atoms with Crippen molar-refractivity contribution in [2.45, 2.75) is 118 Å². The molecule has 4 aromatic heterocycles. The number of fused-ring (bicyclic) bond motifs is 1. The minimum Gasteiger partial charge on any atom is -0.491 e. The summed E-state index contributed by atoms with van der Waals surface area (Å²) in [6.07, 6.45) is -0.616. The number of aryl methyl sites for hydroxylation is 4. The van der Waals surface area contributed by atoms with Crippen LogP contribution >= 0.6 is 11.3 Å². The Morgan fingerprint density at radius 2 is 1.70 bits per heavy atom. The van der Waals surface area contributed by atoms with E-state index in [0.717, 1.165) is 27.3 Å². The van der Waals surface area contributed by atoms with Crippen molar-refractivity contribution in [1.29, 1.82) is 0 Å². The van der Waals surface area contributed by atoms with E-state index in [1.165, 1.54) is 15.8 Å². The maximum atomic E-state index is 14.5. The van der Waals surface area contributed by atoms with Gasteiger partial charge in [-0.05, 0) is 93.6 Å². The number of Topliss-reactive ketones (excluding diaryl/α,β-unsaturated/α-hetero) is 1. The van der Waals surface area contributed by atoms with E-state index in [9.17, 15) is 37.5 Å². The fourth-order valence-electron chi connectivity index (χ4n) is 10.4. The molecular weight excluding hydrogens is 1010 g/mol. The van der Waals surface area contributed by atoms with E-state index in [1.54, 1.807) is 42.8 Å². The molecule has 0 unspecified atom stereocenters. The van der Waals surface area contributed by atoms with Gasteiger partial charge in [-0.3, -0.25) is 28.8 Å². The number of benzene rings is 2. The number of rotatable bonds is 16. The van der Waals surface area contributed by atoms with Gasteiger partial charge in [0.25, 0.3) is 0 Å². The molecule has 3 N–H and O–H groups in total. The molecule has 2 aromatic carbocycles. The van der Waals surface area contributed by atoms with E-state index in [0.29, 0.717) is 36.0 Å². The summed E-state index contributed by atoms with van der Waals surface area (Å²) >= 11 is 1.56. The van der Waals surface area contributed by atoms with Crippen molar-refractivity contribution in [1.82, 2.24) is 49.7 Å². The first-order chi connectivity index (χ1) is 36.4. The number of likely N-dealkylation sites (tertiary alicyclic amines) is 1. The molecule has 0 saturated carbocycles. The molecule has 3 aliphatic rings. The van der Waals surface area contributed by atoms with Crippen LogP contribution in [0.3, 0.4) is 0 Å². The highest BCUT2D eigenvalue weighted by Crippen LogP contribution is 2.44. The number of imidazole rings is 1. The molecule has 0 bridgehead atoms. The molecule has 0 radical (unpaired) electrons. The second kappa shape index (κ2) is 21.8. The van der Waals surface area contributed by atoms with Gasteiger partial charge in [-0.2, -0.15) is 18.3 Å². The number of hydrogen-bond donors (Lipinski definition) is 3. The Morgan fingerprint density at radius 1 is 0.974 bits per heavy atom. The molecular formula is C56H66F3N11O6S. The number of pyridine rings is 1. The lowest BCUT2D eigenvalue weighted by Crippen LogP contribution is -2.62. The Hall–Kier alpha value is -6.97. The SMILES string of the molecule is CCn1cc(-c2cc(Cn3ccnc3C)cc3c2OC[C@@H](Cc2cc(C)cc(N4CC(N(C)CC(=O)N[C@H](C(=O)N5C[C@H](O)C[C@H]5C(=O)N[C@@H](C)c5ccc(-c6scnc6C)cc5)C(C)(C)C)C4)n2)C3=O)c(C(F)(F)F)n1. The third-order valence-electron chi connectivity index (χ3n) is 14.9. The minimum absolute atomic E-state index is 0.00858. The van der Waals surface area contributed by atoms with Crippen LogP contribution in [0.1, 0.15) is 97.0 Å². The Balaban J connectivity index is 0.825. The first-order valence-electron chi connectivity index (χ1n) is 25.9. The third-order valence-corrected chi connectivity index (χ3v) is 15.8. The predicted octanol–water partition coefficient (Wildman–Crippen LogP) is 7.20. The Bertz CT molecular complexity index is 3180. The van der Waals surface area contributed by atoms with E-state index < -0.39 is 47.3 Å². The fourth-order valence-corrected chi connectivity index (χ4v) is 11.3. The normalized spacial score (nSPS) is 18.7. The van der Waals surface area contributed by atoms with Gasteiger partial charge in [0, 0.05) is 87.0 Å². The van der Waals surface area contributed by atoms with Crippen LogP contribution in [0.15, 0.2) is 72.6 Å². The topological polar surface area (TPSA) is 193 Å². The van der Waals surface area contributed by atoms with Crippen LogP contribution < -0.4 is 20.3 Å². The number of thiazole rings is 1. The van der Waals surface area contributed by atoms with Gasteiger partial charge in [0.05, 0.1) is 52.9 Å². The molecule has 0 aliphatic carbocycles. The average molecular weight is 1080 g/mol. The van der Waals surface area contributed by atoms with E-state index in [4.69, 9.17) is 9.72 Å². The van der Waals surface area contributed by atoms with Crippen molar-refractivity contribution in [2.24, 2.45) is 11.3 Å². The molecule has 7 heterocycles. The summed E-state index contributed by atoms with van der Waals surface area (Å²) in [4.78, 5) is 76.6. The number of β-amino-alcohol motifs (C(OH)–C–C–N with tert-alkyl or cyclic N) is 1. The van der Waals surface area contributed by atoms with Crippen LogP contribution in [0.5, 0.6) is 5.75 Å². The molecule has 77 heavy (non-hydrogen) atoms. The largest absolute Gasteiger partial charge is 0.491 e. The van der Waals surface area contributed by atoms with E-state index in [2.05, 4.69) is 30.6 Å². The molecule has 6 aromatic rings. The zero-order valence-electron chi connectivity index (χ0n) is 44.8. The number of carbonyl (C=O) groups excluding carboxylic acids is 4. The summed E-state index contributed by atoms with van der Waals surface area (Å²) in [5, 5.41) is 20.6. The fraction of sp³-hybridized carbons (Fsp3) is 0.464. The number of halogens is 3. The summed E-state index contributed by atoms with van der Waals surface area (Å²) < 4.78 is 52.7. The minimum atomic E-state index is -4.75. The van der Waals surface area contributed by atoms with Crippen molar-refractivity contribution >= 4 is 40.7 Å². The molecule has 9 rings (SSSR count). The lowest BCUT2D eigenvalue weighted by molar-refractivity contribution is -0.144. The highest BCUT2D eigenvalue weighted by molar-refractivity contribution is 7.13. The number of hydrogen-bond acceptors (Lipinski definition) is 13. The van der Waals surface area contributed by atoms with Crippen molar-refractivity contribution in [3.63, 3.8) is 0 Å². The number of aliphatic hydroxyl groups excluding tert-OH is 1. The quantitative estimate of drug-likeness (QED) is 0.0885. The molecule has 5 atom stereocenters. The highest BCUT2D eigenvalue weighted by Gasteiger charge is 2.46. The van der Waals surface area contributed by atoms with Crippen molar-refractivity contribution < 1.29 is 42.2 Å². The van der Waals surface area contributed by atoms with Crippen molar-refractivity contribution in [3.05, 3.63) is 118 Å². The number of likely N-dealkylation sites (N-methyl/N-ethyl adjacent to an activating group) is 1. The molecule has 2 saturated heterocycles. The van der Waals surface area contributed by atoms with Gasteiger partial charge in [0.15, 0.2) is 11.5 Å². The average Bonchev–Trinajstić information content (AvgIpc) is 4.28. The van der Waals surface area contributed by atoms with Crippen LogP contribution in [-0.4, -0.2) is 132 Å². The number of nitrogens with one attached hydrogen (secondary N) is 2. The van der Waals surface area contributed by atoms with Gasteiger partial charge in [0.2, 0.25) is 17.7 Å². The summed E-state index contributed by atoms with van der Waals surface area (Å²) in [6, 6.07) is 12.8. The number of ketones is 1. The number of nitrogens with zero attached hydrogens (tertiary/aromatic N) is 9. The van der Waals surface area contributed by atoms with Gasteiger partial charge in [-0.25, -0.2) is 15.0 Å². The monoisotopic (exact) mass is 1080 g/mol. The lowest BCUT2D eigenvalue weighted by atomic mass is 9.85.